The second-order valence-corrected chi connectivity index (χ2v) is 1.78. The standard InChI is InChI=1S/C5H5F2N3O/c6-4(7)5(11)10-3-1-8-9-2-3/h1-2,4H,(H,8,9)(H,10,11). The van der Waals surface area contributed by atoms with Gasteiger partial charge in [0, 0.05) is 6.20 Å². The predicted octanol–water partition coefficient (Wildman–Crippen LogP) is 0.613. The van der Waals surface area contributed by atoms with Crippen LogP contribution >= 0.6 is 0 Å². The van der Waals surface area contributed by atoms with Gasteiger partial charge >= 0.3 is 6.43 Å². The minimum atomic E-state index is -3.00. The first-order valence-electron chi connectivity index (χ1n) is 2.78. The number of nitrogens with zero attached hydrogens (tertiary/aromatic N) is 1. The number of anilines is 1. The molecule has 0 aliphatic rings. The van der Waals surface area contributed by atoms with Gasteiger partial charge in [-0.3, -0.25) is 9.89 Å². The largest absolute Gasteiger partial charge is 0.318 e. The first kappa shape index (κ1) is 7.64. The van der Waals surface area contributed by atoms with Crippen LogP contribution in [0.3, 0.4) is 0 Å². The Balaban J connectivity index is 2.50. The number of carbonyl (C=O) groups excluding carboxylic acids is 1. The highest BCUT2D eigenvalue weighted by Gasteiger charge is 2.14. The van der Waals surface area contributed by atoms with Gasteiger partial charge in [0.15, 0.2) is 0 Å². The van der Waals surface area contributed by atoms with Crippen molar-refractivity contribution >= 4 is 11.6 Å². The molecule has 0 saturated heterocycles. The molecule has 0 unspecified atom stereocenters. The van der Waals surface area contributed by atoms with Gasteiger partial charge in [-0.15, -0.1) is 0 Å². The summed E-state index contributed by atoms with van der Waals surface area (Å²) in [5.41, 5.74) is 0.232. The van der Waals surface area contributed by atoms with Crippen molar-refractivity contribution in [1.82, 2.24) is 10.2 Å². The number of amides is 1. The predicted molar refractivity (Wildman–Crippen MR) is 33.2 cm³/mol. The SMILES string of the molecule is O=C(Nc1cn[nH]c1)C(F)F. The van der Waals surface area contributed by atoms with Gasteiger partial charge in [0.25, 0.3) is 5.91 Å². The molecule has 0 aliphatic carbocycles. The number of rotatable bonds is 2. The lowest BCUT2D eigenvalue weighted by Gasteiger charge is -1.98. The van der Waals surface area contributed by atoms with Gasteiger partial charge < -0.3 is 5.32 Å². The van der Waals surface area contributed by atoms with E-state index in [1.54, 1.807) is 0 Å². The van der Waals surface area contributed by atoms with Crippen molar-refractivity contribution in [2.75, 3.05) is 5.32 Å². The smallest absolute Gasteiger partial charge is 0.315 e. The summed E-state index contributed by atoms with van der Waals surface area (Å²) < 4.78 is 23.2. The number of alkyl halides is 2. The van der Waals surface area contributed by atoms with Crippen LogP contribution in [0, 0.1) is 0 Å². The van der Waals surface area contributed by atoms with Crippen molar-refractivity contribution in [3.8, 4) is 0 Å². The molecule has 0 radical (unpaired) electrons. The third-order valence-corrected chi connectivity index (χ3v) is 0.964. The van der Waals surface area contributed by atoms with Crippen LogP contribution in [0.4, 0.5) is 14.5 Å². The van der Waals surface area contributed by atoms with Gasteiger partial charge in [0.05, 0.1) is 11.9 Å². The van der Waals surface area contributed by atoms with Crippen LogP contribution in [0.1, 0.15) is 0 Å². The van der Waals surface area contributed by atoms with Crippen LogP contribution in [-0.4, -0.2) is 22.5 Å². The van der Waals surface area contributed by atoms with E-state index in [1.165, 1.54) is 12.4 Å². The summed E-state index contributed by atoms with van der Waals surface area (Å²) >= 11 is 0. The van der Waals surface area contributed by atoms with Crippen LogP contribution in [-0.2, 0) is 4.79 Å². The zero-order valence-electron chi connectivity index (χ0n) is 5.34. The molecule has 4 nitrogen and oxygen atoms in total. The number of H-pyrrole nitrogens is 1. The molecule has 60 valence electrons. The van der Waals surface area contributed by atoms with Crippen LogP contribution in [0.25, 0.3) is 0 Å². The fraction of sp³-hybridized carbons (Fsp3) is 0.200. The first-order chi connectivity index (χ1) is 5.20. The summed E-state index contributed by atoms with van der Waals surface area (Å²) in [6, 6.07) is 0. The highest BCUT2D eigenvalue weighted by atomic mass is 19.3. The molecule has 1 aromatic heterocycles. The van der Waals surface area contributed by atoms with E-state index in [2.05, 4.69) is 10.2 Å². The normalized spacial score (nSPS) is 10.1. The molecule has 1 amide bonds. The fourth-order valence-electron chi connectivity index (χ4n) is 0.516. The van der Waals surface area contributed by atoms with E-state index in [4.69, 9.17) is 0 Å². The van der Waals surface area contributed by atoms with Gasteiger partial charge in [-0.05, 0) is 0 Å². The lowest BCUT2D eigenvalue weighted by molar-refractivity contribution is -0.126. The fourth-order valence-corrected chi connectivity index (χ4v) is 0.516. The van der Waals surface area contributed by atoms with E-state index in [0.717, 1.165) is 0 Å². The molecule has 2 N–H and O–H groups in total. The van der Waals surface area contributed by atoms with E-state index in [1.807, 2.05) is 5.32 Å². The average Bonchev–Trinajstić information content (AvgIpc) is 2.39. The Kier molecular flexibility index (Phi) is 2.15. The van der Waals surface area contributed by atoms with Crippen molar-refractivity contribution in [1.29, 1.82) is 0 Å². The summed E-state index contributed by atoms with van der Waals surface area (Å²) in [4.78, 5) is 10.3. The van der Waals surface area contributed by atoms with Gasteiger partial charge in [0.1, 0.15) is 0 Å². The van der Waals surface area contributed by atoms with E-state index < -0.39 is 12.3 Å². The molecule has 0 aromatic carbocycles. The lowest BCUT2D eigenvalue weighted by Crippen LogP contribution is -2.19. The number of hydrogen-bond donors (Lipinski definition) is 2. The molecule has 1 aromatic rings. The molecule has 0 fully saturated rings. The zero-order chi connectivity index (χ0) is 8.27. The maximum absolute atomic E-state index is 11.6. The number of aromatic amines is 1. The van der Waals surface area contributed by atoms with Crippen molar-refractivity contribution in [3.63, 3.8) is 0 Å². The third kappa shape index (κ3) is 1.99. The van der Waals surface area contributed by atoms with E-state index in [0.29, 0.717) is 0 Å². The molecule has 1 heterocycles. The number of hydrogen-bond acceptors (Lipinski definition) is 2. The first-order valence-corrected chi connectivity index (χ1v) is 2.78. The summed E-state index contributed by atoms with van der Waals surface area (Å²) in [6.45, 7) is 0. The Morgan fingerprint density at radius 1 is 1.73 bits per heavy atom. The van der Waals surface area contributed by atoms with Crippen molar-refractivity contribution in [2.24, 2.45) is 0 Å². The molecular formula is C5H5F2N3O. The van der Waals surface area contributed by atoms with E-state index in [-0.39, 0.29) is 5.69 Å². The minimum Gasteiger partial charge on any atom is -0.318 e. The highest BCUT2D eigenvalue weighted by molar-refractivity contribution is 5.92. The summed E-state index contributed by atoms with van der Waals surface area (Å²) in [5.74, 6) is -1.33. The highest BCUT2D eigenvalue weighted by Crippen LogP contribution is 2.03. The second kappa shape index (κ2) is 3.09. The molecule has 0 bridgehead atoms. The number of carbonyl (C=O) groups is 1. The van der Waals surface area contributed by atoms with Gasteiger partial charge in [-0.1, -0.05) is 0 Å². The van der Waals surface area contributed by atoms with Crippen molar-refractivity contribution < 1.29 is 13.6 Å². The third-order valence-electron chi connectivity index (χ3n) is 0.964. The topological polar surface area (TPSA) is 57.8 Å². The molecule has 0 atom stereocenters. The quantitative estimate of drug-likeness (QED) is 0.667. The van der Waals surface area contributed by atoms with Crippen LogP contribution in [0.5, 0.6) is 0 Å². The van der Waals surface area contributed by atoms with Crippen LogP contribution < -0.4 is 5.32 Å². The summed E-state index contributed by atoms with van der Waals surface area (Å²) in [5, 5.41) is 7.75. The number of nitrogens with one attached hydrogen (secondary N) is 2. The second-order valence-electron chi connectivity index (χ2n) is 1.78. The van der Waals surface area contributed by atoms with Gasteiger partial charge in [0.2, 0.25) is 0 Å². The number of halogens is 2. The van der Waals surface area contributed by atoms with Gasteiger partial charge in [-0.2, -0.15) is 13.9 Å². The molecule has 11 heavy (non-hydrogen) atoms. The Morgan fingerprint density at radius 2 is 2.45 bits per heavy atom. The van der Waals surface area contributed by atoms with E-state index >= 15 is 0 Å². The maximum atomic E-state index is 11.6. The molecule has 6 heteroatoms. The molecule has 0 saturated carbocycles. The van der Waals surface area contributed by atoms with Crippen LogP contribution in [0.2, 0.25) is 0 Å². The maximum Gasteiger partial charge on any atom is 0.315 e. The van der Waals surface area contributed by atoms with Crippen molar-refractivity contribution in [2.45, 2.75) is 6.43 Å². The average molecular weight is 161 g/mol. The summed E-state index contributed by atoms with van der Waals surface area (Å²) in [7, 11) is 0. The Labute approximate surface area is 60.6 Å². The van der Waals surface area contributed by atoms with Gasteiger partial charge in [-0.25, -0.2) is 0 Å². The molecular weight excluding hydrogens is 156 g/mol. The Morgan fingerprint density at radius 3 is 2.91 bits per heavy atom. The summed E-state index contributed by atoms with van der Waals surface area (Å²) in [6.07, 6.45) is -0.453. The molecule has 1 rings (SSSR count). The van der Waals surface area contributed by atoms with Crippen LogP contribution in [0.15, 0.2) is 12.4 Å². The molecule has 0 spiro atoms. The Bertz CT molecular complexity index is 234. The minimum absolute atomic E-state index is 0.232. The molecule has 0 aliphatic heterocycles. The zero-order valence-corrected chi connectivity index (χ0v) is 5.34. The number of aromatic nitrogens is 2. The van der Waals surface area contributed by atoms with Crippen molar-refractivity contribution in [3.05, 3.63) is 12.4 Å². The van der Waals surface area contributed by atoms with E-state index in [9.17, 15) is 13.6 Å². The monoisotopic (exact) mass is 161 g/mol. The Hall–Kier alpha value is -1.46. The lowest BCUT2D eigenvalue weighted by atomic mass is 10.5.